The molecule has 3 rings (SSSR count). The Balaban J connectivity index is 2.01. The molecule has 112 valence electrons. The summed E-state index contributed by atoms with van der Waals surface area (Å²) < 4.78 is 27.4. The number of hydrogen-bond acceptors (Lipinski definition) is 3. The number of piperidine rings is 1. The van der Waals surface area contributed by atoms with Gasteiger partial charge < -0.3 is 0 Å². The molecule has 0 spiro atoms. The van der Waals surface area contributed by atoms with E-state index in [2.05, 4.69) is 10.2 Å². The molecule has 1 aliphatic heterocycles. The maximum Gasteiger partial charge on any atom is 0.243 e. The molecule has 0 amide bonds. The molecule has 1 aliphatic rings. The zero-order valence-electron chi connectivity index (χ0n) is 12.0. The minimum absolute atomic E-state index is 0.147. The van der Waals surface area contributed by atoms with Crippen LogP contribution in [0.5, 0.6) is 0 Å². The zero-order valence-corrected chi connectivity index (χ0v) is 12.8. The number of sulfonamides is 1. The molecular formula is C15H19N3O2S. The number of benzene rings is 1. The molecule has 1 aromatic heterocycles. The number of rotatable bonds is 3. The Bertz CT molecular complexity index is 710. The number of aromatic nitrogens is 2. The molecule has 1 unspecified atom stereocenters. The fourth-order valence-corrected chi connectivity index (χ4v) is 4.59. The summed E-state index contributed by atoms with van der Waals surface area (Å²) in [5.41, 5.74) is 1.92. The molecule has 2 heterocycles. The quantitative estimate of drug-likeness (QED) is 0.948. The van der Waals surface area contributed by atoms with Crippen molar-refractivity contribution >= 4 is 10.0 Å². The lowest BCUT2D eigenvalue weighted by atomic mass is 10.00. The van der Waals surface area contributed by atoms with Crippen LogP contribution in [0.3, 0.4) is 0 Å². The average molecular weight is 305 g/mol. The van der Waals surface area contributed by atoms with Crippen LogP contribution in [0.1, 0.15) is 36.6 Å². The van der Waals surface area contributed by atoms with E-state index < -0.39 is 10.0 Å². The Labute approximate surface area is 125 Å². The van der Waals surface area contributed by atoms with Crippen LogP contribution in [0.4, 0.5) is 0 Å². The van der Waals surface area contributed by atoms with Gasteiger partial charge in [0.1, 0.15) is 0 Å². The fraction of sp³-hybridized carbons (Fsp3) is 0.400. The zero-order chi connectivity index (χ0) is 14.9. The van der Waals surface area contributed by atoms with Crippen molar-refractivity contribution in [1.29, 1.82) is 0 Å². The number of aromatic amines is 1. The highest BCUT2D eigenvalue weighted by atomic mass is 32.2. The summed E-state index contributed by atoms with van der Waals surface area (Å²) in [4.78, 5) is 0.356. The third-order valence-electron chi connectivity index (χ3n) is 4.00. The molecule has 1 saturated heterocycles. The first kappa shape index (κ1) is 14.3. The first-order valence-corrected chi connectivity index (χ1v) is 8.61. The summed E-state index contributed by atoms with van der Waals surface area (Å²) >= 11 is 0. The van der Waals surface area contributed by atoms with Crippen molar-refractivity contribution in [3.63, 3.8) is 0 Å². The second-order valence-corrected chi connectivity index (χ2v) is 7.30. The number of nitrogens with one attached hydrogen (secondary N) is 1. The van der Waals surface area contributed by atoms with E-state index in [9.17, 15) is 8.42 Å². The van der Waals surface area contributed by atoms with Crippen molar-refractivity contribution in [3.8, 4) is 0 Å². The molecule has 0 saturated carbocycles. The van der Waals surface area contributed by atoms with Crippen LogP contribution in [-0.4, -0.2) is 29.5 Å². The van der Waals surface area contributed by atoms with E-state index in [-0.39, 0.29) is 6.04 Å². The van der Waals surface area contributed by atoms with Gasteiger partial charge in [-0.15, -0.1) is 0 Å². The third-order valence-corrected chi connectivity index (χ3v) is 5.93. The van der Waals surface area contributed by atoms with E-state index in [1.54, 1.807) is 34.8 Å². The van der Waals surface area contributed by atoms with E-state index in [1.807, 2.05) is 13.0 Å². The minimum Gasteiger partial charge on any atom is -0.281 e. The lowest BCUT2D eigenvalue weighted by molar-refractivity contribution is 0.250. The molecule has 6 heteroatoms. The van der Waals surface area contributed by atoms with Crippen LogP contribution in [0, 0.1) is 6.92 Å². The normalized spacial score (nSPS) is 20.5. The Morgan fingerprint density at radius 2 is 2.00 bits per heavy atom. The highest BCUT2D eigenvalue weighted by Gasteiger charge is 2.35. The minimum atomic E-state index is -3.47. The largest absolute Gasteiger partial charge is 0.281 e. The number of nitrogens with zero attached hydrogens (tertiary/aromatic N) is 2. The van der Waals surface area contributed by atoms with Gasteiger partial charge in [-0.2, -0.15) is 9.40 Å². The molecule has 1 atom stereocenters. The van der Waals surface area contributed by atoms with Gasteiger partial charge in [0.2, 0.25) is 10.0 Å². The van der Waals surface area contributed by atoms with Gasteiger partial charge in [-0.1, -0.05) is 24.6 Å². The van der Waals surface area contributed by atoms with Crippen molar-refractivity contribution in [2.75, 3.05) is 6.54 Å². The highest BCUT2D eigenvalue weighted by molar-refractivity contribution is 7.89. The molecule has 1 N–H and O–H groups in total. The molecule has 21 heavy (non-hydrogen) atoms. The maximum absolute atomic E-state index is 12.9. The summed E-state index contributed by atoms with van der Waals surface area (Å²) in [6, 6.07) is 8.50. The van der Waals surface area contributed by atoms with Crippen LogP contribution < -0.4 is 0 Å². The smallest absolute Gasteiger partial charge is 0.243 e. The first-order valence-electron chi connectivity index (χ1n) is 7.17. The van der Waals surface area contributed by atoms with Crippen LogP contribution in [-0.2, 0) is 10.0 Å². The average Bonchev–Trinajstić information content (AvgIpc) is 2.94. The Hall–Kier alpha value is -1.66. The first-order chi connectivity index (χ1) is 10.1. The van der Waals surface area contributed by atoms with Crippen molar-refractivity contribution in [2.24, 2.45) is 0 Å². The monoisotopic (exact) mass is 305 g/mol. The molecule has 1 aromatic carbocycles. The van der Waals surface area contributed by atoms with Crippen molar-refractivity contribution in [1.82, 2.24) is 14.5 Å². The summed E-state index contributed by atoms with van der Waals surface area (Å²) in [6.45, 7) is 2.51. The van der Waals surface area contributed by atoms with Crippen LogP contribution >= 0.6 is 0 Å². The Kier molecular flexibility index (Phi) is 3.82. The van der Waals surface area contributed by atoms with Gasteiger partial charge in [-0.25, -0.2) is 8.42 Å². The summed E-state index contributed by atoms with van der Waals surface area (Å²) in [7, 11) is -3.47. The van der Waals surface area contributed by atoms with E-state index in [4.69, 9.17) is 0 Å². The van der Waals surface area contributed by atoms with Crippen LogP contribution in [0.15, 0.2) is 41.4 Å². The lowest BCUT2D eigenvalue weighted by Crippen LogP contribution is -2.38. The SMILES string of the molecule is Cc1cn[nH]c1C1CCCCN1S(=O)(=O)c1ccccc1. The molecule has 2 aromatic rings. The van der Waals surface area contributed by atoms with E-state index in [0.717, 1.165) is 30.5 Å². The van der Waals surface area contributed by atoms with Crippen LogP contribution in [0.25, 0.3) is 0 Å². The number of H-pyrrole nitrogens is 1. The predicted molar refractivity (Wildman–Crippen MR) is 80.3 cm³/mol. The van der Waals surface area contributed by atoms with Crippen molar-refractivity contribution < 1.29 is 8.42 Å². The second kappa shape index (κ2) is 5.61. The lowest BCUT2D eigenvalue weighted by Gasteiger charge is -2.34. The summed E-state index contributed by atoms with van der Waals surface area (Å²) in [6.07, 6.45) is 4.51. The molecule has 1 fully saturated rings. The second-order valence-electron chi connectivity index (χ2n) is 5.41. The summed E-state index contributed by atoms with van der Waals surface area (Å²) in [5, 5.41) is 7.01. The maximum atomic E-state index is 12.9. The van der Waals surface area contributed by atoms with E-state index in [0.29, 0.717) is 11.4 Å². The van der Waals surface area contributed by atoms with E-state index >= 15 is 0 Å². The van der Waals surface area contributed by atoms with Gasteiger partial charge in [-0.3, -0.25) is 5.10 Å². The standard InChI is InChI=1S/C15H19N3O2S/c1-12-11-16-17-15(12)14-9-5-6-10-18(14)21(19,20)13-7-3-2-4-8-13/h2-4,7-8,11,14H,5-6,9-10H2,1H3,(H,16,17). The van der Waals surface area contributed by atoms with Gasteiger partial charge in [0, 0.05) is 6.54 Å². The Morgan fingerprint density at radius 3 is 2.67 bits per heavy atom. The number of hydrogen-bond donors (Lipinski definition) is 1. The van der Waals surface area contributed by atoms with Gasteiger partial charge in [0.05, 0.1) is 22.8 Å². The van der Waals surface area contributed by atoms with Gasteiger partial charge in [0.25, 0.3) is 0 Å². The third kappa shape index (κ3) is 2.61. The predicted octanol–water partition coefficient (Wildman–Crippen LogP) is 2.63. The van der Waals surface area contributed by atoms with Crippen molar-refractivity contribution in [3.05, 3.63) is 47.8 Å². The fourth-order valence-electron chi connectivity index (χ4n) is 2.90. The van der Waals surface area contributed by atoms with E-state index in [1.165, 1.54) is 0 Å². The highest BCUT2D eigenvalue weighted by Crippen LogP contribution is 2.35. The molecule has 5 nitrogen and oxygen atoms in total. The topological polar surface area (TPSA) is 66.1 Å². The van der Waals surface area contributed by atoms with Crippen LogP contribution in [0.2, 0.25) is 0 Å². The van der Waals surface area contributed by atoms with Gasteiger partial charge in [-0.05, 0) is 37.5 Å². The molecule has 0 aliphatic carbocycles. The van der Waals surface area contributed by atoms with Gasteiger partial charge >= 0.3 is 0 Å². The van der Waals surface area contributed by atoms with Crippen molar-refractivity contribution in [2.45, 2.75) is 37.1 Å². The molecule has 0 radical (unpaired) electrons. The molecular weight excluding hydrogens is 286 g/mol. The summed E-state index contributed by atoms with van der Waals surface area (Å²) in [5.74, 6) is 0. The number of aryl methyl sites for hydroxylation is 1. The van der Waals surface area contributed by atoms with Gasteiger partial charge in [0.15, 0.2) is 0 Å². The molecule has 0 bridgehead atoms. The Morgan fingerprint density at radius 1 is 1.24 bits per heavy atom.